The zero-order chi connectivity index (χ0) is 21.9. The molecule has 0 saturated heterocycles. The lowest BCUT2D eigenvalue weighted by Crippen LogP contribution is -2.28. The van der Waals surface area contributed by atoms with E-state index in [0.29, 0.717) is 17.8 Å². The molecule has 0 bridgehead atoms. The summed E-state index contributed by atoms with van der Waals surface area (Å²) >= 11 is 0. The number of rotatable bonds is 7. The Bertz CT molecular complexity index is 927. The first-order valence-corrected chi connectivity index (χ1v) is 10.3. The second-order valence-electron chi connectivity index (χ2n) is 6.63. The fraction of sp³-hybridized carbons (Fsp3) is 0.240. The van der Waals surface area contributed by atoms with E-state index in [1.54, 1.807) is 30.3 Å². The molecule has 1 amide bonds. The van der Waals surface area contributed by atoms with Crippen molar-refractivity contribution in [1.82, 2.24) is 5.32 Å². The van der Waals surface area contributed by atoms with Crippen LogP contribution in [-0.4, -0.2) is 5.91 Å². The minimum absolute atomic E-state index is 0.0498. The van der Waals surface area contributed by atoms with Gasteiger partial charge in [0.2, 0.25) is 0 Å². The van der Waals surface area contributed by atoms with Crippen molar-refractivity contribution in [2.24, 2.45) is 0 Å². The Morgan fingerprint density at radius 1 is 1.00 bits per heavy atom. The highest BCUT2D eigenvalue weighted by Crippen LogP contribution is 2.22. The molecule has 0 aromatic heterocycles. The van der Waals surface area contributed by atoms with Crippen molar-refractivity contribution in [2.45, 2.75) is 39.8 Å². The van der Waals surface area contributed by atoms with Crippen LogP contribution in [0.4, 0.5) is 15.8 Å². The third-order valence-corrected chi connectivity index (χ3v) is 4.63. The molecule has 1 unspecified atom stereocenters. The number of anilines is 2. The molecule has 0 heterocycles. The second-order valence-corrected chi connectivity index (χ2v) is 6.63. The second kappa shape index (κ2) is 11.6. The molecule has 4 nitrogen and oxygen atoms in total. The summed E-state index contributed by atoms with van der Waals surface area (Å²) in [6.07, 6.45) is 0.794. The fourth-order valence-electron chi connectivity index (χ4n) is 3.01. The quantitative estimate of drug-likeness (QED) is 0.425. The van der Waals surface area contributed by atoms with Crippen molar-refractivity contribution < 1.29 is 9.18 Å². The number of hydrogen-bond donors (Lipinski definition) is 3. The Kier molecular flexibility index (Phi) is 8.88. The average Bonchev–Trinajstić information content (AvgIpc) is 2.79. The van der Waals surface area contributed by atoms with Crippen LogP contribution in [0.2, 0.25) is 0 Å². The molecule has 3 aromatic rings. The summed E-state index contributed by atoms with van der Waals surface area (Å²) in [6, 6.07) is 21.3. The third-order valence-electron chi connectivity index (χ3n) is 4.63. The molecule has 4 N–H and O–H groups in total. The molecule has 3 aromatic carbocycles. The fourth-order valence-corrected chi connectivity index (χ4v) is 3.01. The highest BCUT2D eigenvalue weighted by molar-refractivity contribution is 5.96. The maximum Gasteiger partial charge on any atom is 0.251 e. The Hall–Kier alpha value is -3.34. The molecule has 0 aliphatic carbocycles. The van der Waals surface area contributed by atoms with E-state index in [1.807, 2.05) is 51.1 Å². The van der Waals surface area contributed by atoms with Gasteiger partial charge in [-0.3, -0.25) is 4.79 Å². The van der Waals surface area contributed by atoms with Gasteiger partial charge in [0.1, 0.15) is 5.82 Å². The molecule has 1 atom stereocenters. The van der Waals surface area contributed by atoms with Crippen molar-refractivity contribution in [3.63, 3.8) is 0 Å². The van der Waals surface area contributed by atoms with Gasteiger partial charge in [0.05, 0.1) is 17.4 Å². The summed E-state index contributed by atoms with van der Waals surface area (Å²) in [5.41, 5.74) is 9.87. The Morgan fingerprint density at radius 2 is 1.67 bits per heavy atom. The normalized spacial score (nSPS) is 11.1. The number of halogens is 1. The van der Waals surface area contributed by atoms with Crippen LogP contribution in [0.5, 0.6) is 0 Å². The van der Waals surface area contributed by atoms with Crippen molar-refractivity contribution in [2.75, 3.05) is 11.1 Å². The number of hydrogen-bond acceptors (Lipinski definition) is 3. The van der Waals surface area contributed by atoms with Crippen LogP contribution in [0.3, 0.4) is 0 Å². The van der Waals surface area contributed by atoms with E-state index >= 15 is 0 Å². The predicted octanol–water partition coefficient (Wildman–Crippen LogP) is 5.93. The first-order valence-electron chi connectivity index (χ1n) is 10.3. The third kappa shape index (κ3) is 6.34. The van der Waals surface area contributed by atoms with Crippen LogP contribution in [0, 0.1) is 5.82 Å². The predicted molar refractivity (Wildman–Crippen MR) is 123 cm³/mol. The number of amides is 1. The topological polar surface area (TPSA) is 67.2 Å². The summed E-state index contributed by atoms with van der Waals surface area (Å²) in [7, 11) is 0. The molecule has 0 fully saturated rings. The van der Waals surface area contributed by atoms with Crippen molar-refractivity contribution >= 4 is 17.3 Å². The standard InChI is InChI=1S/C23H24FN3O.C2H6/c1-2-21(17-6-4-3-5-7-17)27-23(28)18-10-13-22(20(25)14-18)26-15-16-8-11-19(24)12-9-16;1-2/h3-14,21,26H,2,15,25H2,1H3,(H,27,28);1-2H3. The Balaban J connectivity index is 0.00000155. The van der Waals surface area contributed by atoms with Crippen LogP contribution < -0.4 is 16.4 Å². The number of nitrogens with one attached hydrogen (secondary N) is 2. The molecular formula is C25H30FN3O. The number of carbonyl (C=O) groups is 1. The number of nitrogens with two attached hydrogens (primary N) is 1. The lowest BCUT2D eigenvalue weighted by atomic mass is 10.0. The van der Waals surface area contributed by atoms with E-state index in [1.165, 1.54) is 12.1 Å². The summed E-state index contributed by atoms with van der Waals surface area (Å²) < 4.78 is 13.0. The zero-order valence-electron chi connectivity index (χ0n) is 17.8. The summed E-state index contributed by atoms with van der Waals surface area (Å²) in [4.78, 5) is 12.6. The van der Waals surface area contributed by atoms with Gasteiger partial charge in [-0.25, -0.2) is 4.39 Å². The van der Waals surface area contributed by atoms with Gasteiger partial charge in [-0.2, -0.15) is 0 Å². The first kappa shape index (κ1) is 22.9. The maximum absolute atomic E-state index is 13.0. The lowest BCUT2D eigenvalue weighted by molar-refractivity contribution is 0.0935. The molecule has 0 spiro atoms. The minimum Gasteiger partial charge on any atom is -0.397 e. The van der Waals surface area contributed by atoms with Gasteiger partial charge >= 0.3 is 0 Å². The minimum atomic E-state index is -0.264. The summed E-state index contributed by atoms with van der Waals surface area (Å²) in [6.45, 7) is 6.55. The molecular weight excluding hydrogens is 377 g/mol. The SMILES string of the molecule is CC.CCC(NC(=O)c1ccc(NCc2ccc(F)cc2)c(N)c1)c1ccccc1. The van der Waals surface area contributed by atoms with Crippen LogP contribution in [0.15, 0.2) is 72.8 Å². The van der Waals surface area contributed by atoms with Crippen LogP contribution >= 0.6 is 0 Å². The van der Waals surface area contributed by atoms with Gasteiger partial charge in [0.25, 0.3) is 5.91 Å². The summed E-state index contributed by atoms with van der Waals surface area (Å²) in [5.74, 6) is -0.424. The first-order chi connectivity index (χ1) is 14.6. The van der Waals surface area contributed by atoms with E-state index in [9.17, 15) is 9.18 Å². The van der Waals surface area contributed by atoms with Gasteiger partial charge in [-0.15, -0.1) is 0 Å². The van der Waals surface area contributed by atoms with E-state index in [4.69, 9.17) is 5.73 Å². The molecule has 158 valence electrons. The highest BCUT2D eigenvalue weighted by atomic mass is 19.1. The zero-order valence-corrected chi connectivity index (χ0v) is 17.8. The van der Waals surface area contributed by atoms with Crippen molar-refractivity contribution in [3.05, 3.63) is 95.3 Å². The van der Waals surface area contributed by atoms with Gasteiger partial charge in [-0.1, -0.05) is 63.2 Å². The van der Waals surface area contributed by atoms with Gasteiger partial charge in [0.15, 0.2) is 0 Å². The lowest BCUT2D eigenvalue weighted by Gasteiger charge is -2.18. The smallest absolute Gasteiger partial charge is 0.251 e. The van der Waals surface area contributed by atoms with Crippen LogP contribution in [0.25, 0.3) is 0 Å². The highest BCUT2D eigenvalue weighted by Gasteiger charge is 2.14. The average molecular weight is 408 g/mol. The molecule has 0 saturated carbocycles. The van der Waals surface area contributed by atoms with Gasteiger partial charge in [0, 0.05) is 12.1 Å². The van der Waals surface area contributed by atoms with Crippen LogP contribution in [-0.2, 0) is 6.54 Å². The molecule has 0 radical (unpaired) electrons. The van der Waals surface area contributed by atoms with Crippen LogP contribution in [0.1, 0.15) is 54.7 Å². The van der Waals surface area contributed by atoms with E-state index in [0.717, 1.165) is 23.2 Å². The summed E-state index contributed by atoms with van der Waals surface area (Å²) in [5, 5.41) is 6.27. The van der Waals surface area contributed by atoms with Gasteiger partial charge in [-0.05, 0) is 47.9 Å². The van der Waals surface area contributed by atoms with E-state index < -0.39 is 0 Å². The monoisotopic (exact) mass is 407 g/mol. The largest absolute Gasteiger partial charge is 0.397 e. The van der Waals surface area contributed by atoms with Gasteiger partial charge < -0.3 is 16.4 Å². The Morgan fingerprint density at radius 3 is 2.27 bits per heavy atom. The van der Waals surface area contributed by atoms with Crippen molar-refractivity contribution in [3.8, 4) is 0 Å². The number of carbonyl (C=O) groups excluding carboxylic acids is 1. The van der Waals surface area contributed by atoms with Crippen molar-refractivity contribution in [1.29, 1.82) is 0 Å². The molecule has 30 heavy (non-hydrogen) atoms. The molecule has 3 rings (SSSR count). The Labute approximate surface area is 178 Å². The molecule has 0 aliphatic rings. The maximum atomic E-state index is 13.0. The number of nitrogen functional groups attached to an aromatic ring is 1. The van der Waals surface area contributed by atoms with E-state index in [-0.39, 0.29) is 17.8 Å². The van der Waals surface area contributed by atoms with E-state index in [2.05, 4.69) is 10.6 Å². The molecule has 5 heteroatoms. The molecule has 0 aliphatic heterocycles. The number of benzene rings is 3.